The highest BCUT2D eigenvalue weighted by atomic mass is 16.5. The van der Waals surface area contributed by atoms with Gasteiger partial charge in [-0.3, -0.25) is 0 Å². The molecule has 0 heterocycles. The molecule has 0 bridgehead atoms. The maximum Gasteiger partial charge on any atom is 0.0701 e. The third-order valence-corrected chi connectivity index (χ3v) is 3.04. The Bertz CT molecular complexity index is 191. The lowest BCUT2D eigenvalue weighted by molar-refractivity contribution is 0.0140. The molecule has 5 heteroatoms. The van der Waals surface area contributed by atoms with Gasteiger partial charge in [0, 0.05) is 19.2 Å². The predicted octanol–water partition coefficient (Wildman–Crippen LogP) is 1.44. The van der Waals surface area contributed by atoms with Gasteiger partial charge < -0.3 is 24.6 Å². The molecule has 0 saturated carbocycles. The van der Waals surface area contributed by atoms with Crippen LogP contribution in [0.25, 0.3) is 0 Å². The summed E-state index contributed by atoms with van der Waals surface area (Å²) >= 11 is 0. The van der Waals surface area contributed by atoms with E-state index in [1.165, 1.54) is 0 Å². The van der Waals surface area contributed by atoms with Gasteiger partial charge in [-0.15, -0.1) is 0 Å². The monoisotopic (exact) mass is 291 g/mol. The molecule has 0 radical (unpaired) electrons. The van der Waals surface area contributed by atoms with Crippen molar-refractivity contribution in [3.8, 4) is 0 Å². The topological polar surface area (TPSA) is 60.0 Å². The van der Waals surface area contributed by atoms with Crippen molar-refractivity contribution < 1.29 is 19.3 Å². The summed E-state index contributed by atoms with van der Waals surface area (Å²) in [5.41, 5.74) is 0. The minimum atomic E-state index is 0.148. The van der Waals surface area contributed by atoms with E-state index in [1.54, 1.807) is 0 Å². The number of aliphatic hydroxyl groups excluding tert-OH is 1. The van der Waals surface area contributed by atoms with Gasteiger partial charge in [0.05, 0.1) is 39.6 Å². The summed E-state index contributed by atoms with van der Waals surface area (Å²) in [4.78, 5) is 0. The van der Waals surface area contributed by atoms with E-state index in [2.05, 4.69) is 26.1 Å². The first kappa shape index (κ1) is 19.8. The van der Waals surface area contributed by atoms with Gasteiger partial charge in [0.25, 0.3) is 0 Å². The Morgan fingerprint density at radius 3 is 1.95 bits per heavy atom. The molecule has 1 atom stereocenters. The van der Waals surface area contributed by atoms with Crippen LogP contribution in [-0.2, 0) is 14.2 Å². The summed E-state index contributed by atoms with van der Waals surface area (Å²) in [5.74, 6) is 0.427. The molecule has 2 N–H and O–H groups in total. The Balaban J connectivity index is 3.13. The molecule has 0 amide bonds. The molecular weight excluding hydrogens is 258 g/mol. The molecule has 0 aromatic rings. The Hall–Kier alpha value is -0.200. The second-order valence-electron chi connectivity index (χ2n) is 5.18. The van der Waals surface area contributed by atoms with Crippen LogP contribution in [0.2, 0.25) is 0 Å². The van der Waals surface area contributed by atoms with Crippen LogP contribution in [0.5, 0.6) is 0 Å². The molecule has 0 aliphatic heterocycles. The summed E-state index contributed by atoms with van der Waals surface area (Å²) < 4.78 is 16.2. The largest absolute Gasteiger partial charge is 0.395 e. The van der Waals surface area contributed by atoms with Crippen molar-refractivity contribution in [3.63, 3.8) is 0 Å². The van der Waals surface area contributed by atoms with E-state index in [1.807, 2.05) is 0 Å². The van der Waals surface area contributed by atoms with Gasteiger partial charge in [-0.05, 0) is 12.3 Å². The summed E-state index contributed by atoms with van der Waals surface area (Å²) in [6.07, 6.45) is 2.28. The lowest BCUT2D eigenvalue weighted by Gasteiger charge is -2.19. The van der Waals surface area contributed by atoms with E-state index in [9.17, 15) is 0 Å². The standard InChI is InChI=1S/C15H33NO4/c1-4-5-7-18-9-11-20-12-10-19-8-6-16-15(13-17)14(2)3/h14-17H,4-13H2,1-3H3/t15-/m1/s1. The van der Waals surface area contributed by atoms with E-state index < -0.39 is 0 Å². The van der Waals surface area contributed by atoms with Gasteiger partial charge in [-0.1, -0.05) is 27.2 Å². The van der Waals surface area contributed by atoms with Gasteiger partial charge in [0.15, 0.2) is 0 Å². The van der Waals surface area contributed by atoms with Crippen LogP contribution < -0.4 is 5.32 Å². The summed E-state index contributed by atoms with van der Waals surface area (Å²) in [7, 11) is 0. The quantitative estimate of drug-likeness (QED) is 0.447. The maximum absolute atomic E-state index is 9.14. The van der Waals surface area contributed by atoms with Crippen LogP contribution >= 0.6 is 0 Å². The van der Waals surface area contributed by atoms with Crippen LogP contribution in [0.15, 0.2) is 0 Å². The van der Waals surface area contributed by atoms with Crippen molar-refractivity contribution in [3.05, 3.63) is 0 Å². The fourth-order valence-electron chi connectivity index (χ4n) is 1.62. The van der Waals surface area contributed by atoms with E-state index in [0.29, 0.717) is 39.0 Å². The van der Waals surface area contributed by atoms with Crippen molar-refractivity contribution in [2.45, 2.75) is 39.7 Å². The highest BCUT2D eigenvalue weighted by Gasteiger charge is 2.09. The lowest BCUT2D eigenvalue weighted by atomic mass is 10.1. The van der Waals surface area contributed by atoms with Crippen molar-refractivity contribution in [2.75, 3.05) is 52.8 Å². The molecule has 5 nitrogen and oxygen atoms in total. The van der Waals surface area contributed by atoms with Crippen molar-refractivity contribution in [1.29, 1.82) is 0 Å². The third-order valence-electron chi connectivity index (χ3n) is 3.04. The first-order valence-corrected chi connectivity index (χ1v) is 7.79. The zero-order chi connectivity index (χ0) is 15.1. The minimum Gasteiger partial charge on any atom is -0.395 e. The molecule has 0 aromatic carbocycles. The van der Waals surface area contributed by atoms with Gasteiger partial charge in [-0.2, -0.15) is 0 Å². The number of hydrogen-bond acceptors (Lipinski definition) is 5. The van der Waals surface area contributed by atoms with Crippen molar-refractivity contribution >= 4 is 0 Å². The van der Waals surface area contributed by atoms with Crippen LogP contribution in [0.4, 0.5) is 0 Å². The average Bonchev–Trinajstić information content (AvgIpc) is 2.43. The molecule has 0 fully saturated rings. The van der Waals surface area contributed by atoms with E-state index in [4.69, 9.17) is 19.3 Å². The minimum absolute atomic E-state index is 0.148. The zero-order valence-corrected chi connectivity index (χ0v) is 13.4. The molecule has 0 spiro atoms. The highest BCUT2D eigenvalue weighted by molar-refractivity contribution is 4.68. The van der Waals surface area contributed by atoms with Gasteiger partial charge in [-0.25, -0.2) is 0 Å². The number of nitrogens with one attached hydrogen (secondary N) is 1. The SMILES string of the molecule is CCCCOCCOCCOCCN[C@H](CO)C(C)C. The Kier molecular flexibility index (Phi) is 15.0. The molecule has 0 saturated heterocycles. The molecule has 0 unspecified atom stereocenters. The third kappa shape index (κ3) is 12.8. The van der Waals surface area contributed by atoms with Crippen molar-refractivity contribution in [2.24, 2.45) is 5.92 Å². The predicted molar refractivity (Wildman–Crippen MR) is 81.1 cm³/mol. The lowest BCUT2D eigenvalue weighted by Crippen LogP contribution is -2.39. The molecule has 0 rings (SSSR count). The maximum atomic E-state index is 9.14. The first-order valence-electron chi connectivity index (χ1n) is 7.79. The van der Waals surface area contributed by atoms with Crippen molar-refractivity contribution in [1.82, 2.24) is 5.32 Å². The van der Waals surface area contributed by atoms with E-state index in [-0.39, 0.29) is 12.6 Å². The second-order valence-corrected chi connectivity index (χ2v) is 5.18. The normalized spacial score (nSPS) is 13.1. The van der Waals surface area contributed by atoms with Gasteiger partial charge in [0.1, 0.15) is 0 Å². The summed E-state index contributed by atoms with van der Waals surface area (Å²) in [6, 6.07) is 0.148. The van der Waals surface area contributed by atoms with Crippen LogP contribution in [0.3, 0.4) is 0 Å². The highest BCUT2D eigenvalue weighted by Crippen LogP contribution is 1.99. The molecule has 0 aliphatic carbocycles. The molecule has 20 heavy (non-hydrogen) atoms. The number of ether oxygens (including phenoxy) is 3. The Labute approximate surface area is 124 Å². The van der Waals surface area contributed by atoms with Crippen LogP contribution in [0, 0.1) is 5.92 Å². The molecule has 122 valence electrons. The van der Waals surface area contributed by atoms with Crippen LogP contribution in [0.1, 0.15) is 33.6 Å². The second kappa shape index (κ2) is 15.2. The number of unbranched alkanes of at least 4 members (excludes halogenated alkanes) is 1. The number of hydrogen-bond donors (Lipinski definition) is 2. The summed E-state index contributed by atoms with van der Waals surface area (Å²) in [5, 5.41) is 12.4. The van der Waals surface area contributed by atoms with E-state index in [0.717, 1.165) is 26.0 Å². The van der Waals surface area contributed by atoms with Gasteiger partial charge >= 0.3 is 0 Å². The molecule has 0 aromatic heterocycles. The molecular formula is C15H33NO4. The Morgan fingerprint density at radius 1 is 0.900 bits per heavy atom. The smallest absolute Gasteiger partial charge is 0.0701 e. The number of rotatable bonds is 15. The summed E-state index contributed by atoms with van der Waals surface area (Å²) in [6.45, 7) is 11.2. The Morgan fingerprint density at radius 2 is 1.45 bits per heavy atom. The fraction of sp³-hybridized carbons (Fsp3) is 1.00. The van der Waals surface area contributed by atoms with Crippen LogP contribution in [-0.4, -0.2) is 63.9 Å². The number of aliphatic hydroxyl groups is 1. The van der Waals surface area contributed by atoms with Gasteiger partial charge in [0.2, 0.25) is 0 Å². The van der Waals surface area contributed by atoms with E-state index >= 15 is 0 Å². The fourth-order valence-corrected chi connectivity index (χ4v) is 1.62. The molecule has 0 aliphatic rings. The average molecular weight is 291 g/mol. The zero-order valence-electron chi connectivity index (χ0n) is 13.4. The first-order chi connectivity index (χ1) is 9.72.